The quantitative estimate of drug-likeness (QED) is 0.0444. The summed E-state index contributed by atoms with van der Waals surface area (Å²) in [4.78, 5) is 8.47. The Morgan fingerprint density at radius 1 is 0.354 bits per heavy atom. The van der Waals surface area contributed by atoms with E-state index in [0.717, 1.165) is 124 Å². The van der Waals surface area contributed by atoms with E-state index < -0.39 is 0 Å². The van der Waals surface area contributed by atoms with Gasteiger partial charge in [-0.3, -0.25) is 0 Å². The lowest BCUT2D eigenvalue weighted by molar-refractivity contribution is 0.260. The zero-order valence-corrected chi connectivity index (χ0v) is 47.7. The van der Waals surface area contributed by atoms with Gasteiger partial charge in [0.25, 0.3) is 0 Å². The molecular weight excluding hydrogens is 1020 g/mol. The third kappa shape index (κ3) is 14.0. The van der Waals surface area contributed by atoms with Crippen LogP contribution in [0.2, 0.25) is 0 Å². The van der Waals surface area contributed by atoms with Crippen molar-refractivity contribution in [2.75, 3.05) is 23.0 Å². The van der Waals surface area contributed by atoms with Crippen molar-refractivity contribution in [1.82, 2.24) is 8.75 Å². The fourth-order valence-electron chi connectivity index (χ4n) is 9.74. The number of hydrogen-bond acceptors (Lipinski definition) is 9. The molecule has 0 amide bonds. The Kier molecular flexibility index (Phi) is 19.4. The number of para-hydroxylation sites is 4. The molecule has 3 heterocycles. The van der Waals surface area contributed by atoms with Crippen molar-refractivity contribution < 1.29 is 9.47 Å². The first kappa shape index (κ1) is 54.4. The summed E-state index contributed by atoms with van der Waals surface area (Å²) in [7, 11) is 0. The molecule has 10 rings (SSSR count). The number of nitrogens with zero attached hydrogens (tertiary/aromatic N) is 4. The Bertz CT molecular complexity index is 3290. The van der Waals surface area contributed by atoms with Crippen molar-refractivity contribution in [1.29, 1.82) is 0 Å². The molecule has 6 nitrogen and oxygen atoms in total. The minimum Gasteiger partial charge on any atom is -0.489 e. The Balaban J connectivity index is 0.971. The maximum absolute atomic E-state index is 7.06. The molecule has 0 N–H and O–H groups in total. The summed E-state index contributed by atoms with van der Waals surface area (Å²) in [5.74, 6) is 15.4. The number of rotatable bonds is 24. The van der Waals surface area contributed by atoms with E-state index in [2.05, 4.69) is 217 Å². The van der Waals surface area contributed by atoms with E-state index in [1.54, 1.807) is 22.7 Å². The van der Waals surface area contributed by atoms with Crippen LogP contribution in [0.4, 0.5) is 34.1 Å². The molecule has 0 atom stereocenters. The summed E-state index contributed by atoms with van der Waals surface area (Å²) in [6.45, 7) is 5.67. The summed E-state index contributed by atoms with van der Waals surface area (Å²) in [6.07, 6.45) is 14.0. The van der Waals surface area contributed by atoms with Crippen LogP contribution >= 0.6 is 34.4 Å². The average Bonchev–Trinajstić information content (AvgIpc) is 4.52. The highest BCUT2D eigenvalue weighted by Gasteiger charge is 2.29. The molecule has 79 heavy (non-hydrogen) atoms. The van der Waals surface area contributed by atoms with Crippen LogP contribution in [0.15, 0.2) is 194 Å². The van der Waals surface area contributed by atoms with E-state index in [4.69, 9.17) is 18.2 Å². The van der Waals surface area contributed by atoms with Crippen LogP contribution in [0.3, 0.4) is 0 Å². The maximum atomic E-state index is 7.06. The van der Waals surface area contributed by atoms with Gasteiger partial charge < -0.3 is 19.3 Å². The molecular formula is C70H66N4O2S3. The molecule has 0 spiro atoms. The number of ether oxygens (including phenoxy) is 2. The van der Waals surface area contributed by atoms with Crippen LogP contribution in [0.5, 0.6) is 11.5 Å². The summed E-state index contributed by atoms with van der Waals surface area (Å²) < 4.78 is 24.2. The van der Waals surface area contributed by atoms with Gasteiger partial charge in [0, 0.05) is 55.0 Å². The Morgan fingerprint density at radius 3 is 1.04 bits per heavy atom. The van der Waals surface area contributed by atoms with Crippen molar-refractivity contribution in [2.45, 2.75) is 90.9 Å². The lowest BCUT2D eigenvalue weighted by Gasteiger charge is -2.25. The largest absolute Gasteiger partial charge is 0.489 e. The maximum Gasteiger partial charge on any atom is 0.172 e. The lowest BCUT2D eigenvalue weighted by Crippen LogP contribution is -2.09. The number of fused-ring (bicyclic) bond motifs is 1. The molecule has 0 radical (unpaired) electrons. The van der Waals surface area contributed by atoms with E-state index >= 15 is 0 Å². The minimum absolute atomic E-state index is 0.573. The van der Waals surface area contributed by atoms with Crippen LogP contribution < -0.4 is 19.3 Å². The number of benzene rings is 7. The van der Waals surface area contributed by atoms with Gasteiger partial charge in [-0.2, -0.15) is 8.75 Å². The first-order chi connectivity index (χ1) is 39.1. The van der Waals surface area contributed by atoms with Gasteiger partial charge in [0.2, 0.25) is 0 Å². The van der Waals surface area contributed by atoms with Crippen LogP contribution in [0.25, 0.3) is 31.9 Å². The van der Waals surface area contributed by atoms with Gasteiger partial charge in [-0.1, -0.05) is 175 Å². The zero-order chi connectivity index (χ0) is 53.9. The molecule has 0 aliphatic carbocycles. The molecule has 0 saturated carbocycles. The van der Waals surface area contributed by atoms with Crippen LogP contribution in [-0.4, -0.2) is 22.0 Å². The van der Waals surface area contributed by atoms with E-state index in [1.165, 1.54) is 63.1 Å². The van der Waals surface area contributed by atoms with Gasteiger partial charge in [0.15, 0.2) is 11.5 Å². The van der Waals surface area contributed by atoms with Crippen molar-refractivity contribution in [3.05, 3.63) is 215 Å². The second-order valence-electron chi connectivity index (χ2n) is 19.5. The van der Waals surface area contributed by atoms with Crippen molar-refractivity contribution >= 4 is 79.6 Å². The van der Waals surface area contributed by atoms with Gasteiger partial charge in [-0.15, -0.1) is 22.7 Å². The van der Waals surface area contributed by atoms with E-state index in [0.29, 0.717) is 13.2 Å². The molecule has 9 heteroatoms. The number of hydrogen-bond donors (Lipinski definition) is 0. The number of unbranched alkanes of at least 4 members (excludes halogenated alkanes) is 10. The number of aromatic nitrogens is 2. The molecule has 0 fully saturated rings. The molecule has 10 aromatic rings. The summed E-state index contributed by atoms with van der Waals surface area (Å²) >= 11 is 4.54. The smallest absolute Gasteiger partial charge is 0.172 e. The summed E-state index contributed by atoms with van der Waals surface area (Å²) in [5, 5.41) is 0. The number of anilines is 6. The molecule has 7 aromatic carbocycles. The summed E-state index contributed by atoms with van der Waals surface area (Å²) in [5.41, 5.74) is 11.9. The fraction of sp³-hybridized carbons (Fsp3) is 0.229. The number of thiophene rings is 2. The Labute approximate surface area is 479 Å². The van der Waals surface area contributed by atoms with Crippen LogP contribution in [-0.2, 0) is 0 Å². The Hall–Kier alpha value is -7.92. The molecule has 0 aliphatic rings. The van der Waals surface area contributed by atoms with Gasteiger partial charge >= 0.3 is 0 Å². The van der Waals surface area contributed by atoms with Gasteiger partial charge in [-0.05, 0) is 134 Å². The van der Waals surface area contributed by atoms with Crippen molar-refractivity contribution in [3.8, 4) is 56.1 Å². The zero-order valence-electron chi connectivity index (χ0n) is 45.2. The van der Waals surface area contributed by atoms with E-state index in [-0.39, 0.29) is 0 Å². The highest BCUT2D eigenvalue weighted by atomic mass is 32.1. The predicted octanol–water partition coefficient (Wildman–Crippen LogP) is 20.4. The second-order valence-corrected chi connectivity index (χ2v) is 22.2. The highest BCUT2D eigenvalue weighted by Crippen LogP contribution is 2.53. The molecule has 0 aliphatic heterocycles. The van der Waals surface area contributed by atoms with Crippen molar-refractivity contribution in [2.24, 2.45) is 0 Å². The molecule has 0 bridgehead atoms. The minimum atomic E-state index is 0.573. The van der Waals surface area contributed by atoms with Crippen molar-refractivity contribution in [3.63, 3.8) is 0 Å². The first-order valence-corrected chi connectivity index (χ1v) is 30.3. The fourth-order valence-corrected chi connectivity index (χ4v) is 12.1. The first-order valence-electron chi connectivity index (χ1n) is 28.0. The van der Waals surface area contributed by atoms with E-state index in [9.17, 15) is 0 Å². The predicted molar refractivity (Wildman–Crippen MR) is 336 cm³/mol. The third-order valence-electron chi connectivity index (χ3n) is 13.8. The second kappa shape index (κ2) is 28.1. The van der Waals surface area contributed by atoms with Gasteiger partial charge in [0.1, 0.15) is 11.0 Å². The molecule has 3 aromatic heterocycles. The lowest BCUT2D eigenvalue weighted by atomic mass is 10.0. The topological polar surface area (TPSA) is 50.7 Å². The molecule has 0 saturated heterocycles. The molecule has 396 valence electrons. The van der Waals surface area contributed by atoms with Crippen LogP contribution in [0, 0.1) is 23.7 Å². The van der Waals surface area contributed by atoms with E-state index in [1.807, 2.05) is 24.3 Å². The third-order valence-corrected chi connectivity index (χ3v) is 16.3. The monoisotopic (exact) mass is 1090 g/mol. The van der Waals surface area contributed by atoms with Crippen LogP contribution in [0.1, 0.15) is 112 Å². The average molecular weight is 1090 g/mol. The molecule has 0 unspecified atom stereocenters. The summed E-state index contributed by atoms with van der Waals surface area (Å²) in [6, 6.07) is 67.4. The van der Waals surface area contributed by atoms with Gasteiger partial charge in [-0.25, -0.2) is 0 Å². The standard InChI is InChI=1S/C70H66N4O2S3/c1-3-5-7-9-11-25-51-75-69-65(63-49-47-61(77-63)45-39-53-35-41-59(42-36-53)73(55-27-17-13-18-28-55)56-29-19-14-20-30-56)67-68(72-79-71-67)66(70(69)76-52-26-12-10-8-6-4-2)64-50-48-62(78-64)46-40-54-37-43-60(44-38-54)74(57-31-21-15-22-32-57)58-33-23-16-24-34-58/h13-24,27-38,41-44,47-50H,3-12,25-26,51-52H2,1-2H3. The highest BCUT2D eigenvalue weighted by molar-refractivity contribution is 7.16. The Morgan fingerprint density at radius 2 is 0.684 bits per heavy atom. The van der Waals surface area contributed by atoms with Gasteiger partial charge in [0.05, 0.1) is 45.8 Å². The normalized spacial score (nSPS) is 10.9. The SMILES string of the molecule is CCCCCCCCOc1c(OCCCCCCCC)c(-c2ccc(C#Cc3ccc(N(c4ccccc4)c4ccccc4)cc3)s2)c2nsnc2c1-c1ccc(C#Cc2ccc(N(c3ccccc3)c3ccccc3)cc2)s1.